The van der Waals surface area contributed by atoms with Gasteiger partial charge in [-0.3, -0.25) is 0 Å². The quantitative estimate of drug-likeness (QED) is 0.508. The maximum absolute atomic E-state index is 8.13. The zero-order valence-corrected chi connectivity index (χ0v) is 7.13. The summed E-state index contributed by atoms with van der Waals surface area (Å²) in [4.78, 5) is 1.04. The van der Waals surface area contributed by atoms with Crippen LogP contribution < -0.4 is 0 Å². The lowest BCUT2D eigenvalue weighted by Crippen LogP contribution is -2.26. The van der Waals surface area contributed by atoms with E-state index < -0.39 is 0 Å². The molecule has 4 nitrogen and oxygen atoms in total. The van der Waals surface area contributed by atoms with Crippen LogP contribution in [0.15, 0.2) is 0 Å². The average molecular weight is 174 g/mol. The van der Waals surface area contributed by atoms with Crippen molar-refractivity contribution >= 4 is 12.4 Å². The molecule has 0 saturated carbocycles. The molecule has 0 radical (unpaired) electrons. The van der Waals surface area contributed by atoms with Gasteiger partial charge in [-0.1, -0.05) is 13.8 Å². The average Bonchev–Trinajstić information content (AvgIpc) is 1.96. The second-order valence-corrected chi connectivity index (χ2v) is 1.10. The first-order valence-corrected chi connectivity index (χ1v) is 2.90. The molecule has 0 spiro atoms. The maximum Gasteiger partial charge on any atom is 0.0993 e. The molecule has 0 heterocycles. The van der Waals surface area contributed by atoms with Gasteiger partial charge >= 0.3 is 0 Å². The molecular weight excluding hydrogens is 158 g/mol. The lowest BCUT2D eigenvalue weighted by atomic mass is 10.9. The van der Waals surface area contributed by atoms with Gasteiger partial charge in [-0.2, -0.15) is 0 Å². The molecular formula is C5H16ClNO3. The van der Waals surface area contributed by atoms with E-state index in [1.165, 1.54) is 0 Å². The normalized spacial score (nSPS) is 7.80. The fourth-order valence-electron chi connectivity index (χ4n) is 0.134. The number of hydrogen-bond donors (Lipinski definition) is 3. The highest BCUT2D eigenvalue weighted by Gasteiger charge is 1.93. The van der Waals surface area contributed by atoms with Gasteiger partial charge < -0.3 is 15.3 Å². The highest BCUT2D eigenvalue weighted by molar-refractivity contribution is 5.85. The molecule has 0 aromatic carbocycles. The molecule has 3 N–H and O–H groups in total. The number of halogens is 1. The van der Waals surface area contributed by atoms with Gasteiger partial charge in [-0.05, 0) is 0 Å². The Kier molecular flexibility index (Phi) is 26.7. The molecule has 0 unspecified atom stereocenters. The van der Waals surface area contributed by atoms with Gasteiger partial charge in [0.1, 0.15) is 0 Å². The van der Waals surface area contributed by atoms with E-state index in [0.717, 1.165) is 4.90 Å². The predicted octanol–water partition coefficient (Wildman–Crippen LogP) is -0.414. The van der Waals surface area contributed by atoms with Gasteiger partial charge in [0.2, 0.25) is 0 Å². The van der Waals surface area contributed by atoms with E-state index in [1.54, 1.807) is 0 Å². The molecule has 0 fully saturated rings. The highest BCUT2D eigenvalue weighted by atomic mass is 35.5. The van der Waals surface area contributed by atoms with E-state index in [-0.39, 0.29) is 32.6 Å². The molecule has 0 aliphatic carbocycles. The largest absolute Gasteiger partial charge is 0.381 e. The highest BCUT2D eigenvalue weighted by Crippen LogP contribution is 1.75. The van der Waals surface area contributed by atoms with Crippen molar-refractivity contribution < 1.29 is 15.3 Å². The zero-order chi connectivity index (χ0) is 7.70. The Morgan fingerprint density at radius 2 is 1.10 bits per heavy atom. The first-order chi connectivity index (χ1) is 4.35. The summed E-state index contributed by atoms with van der Waals surface area (Å²) < 4.78 is 0. The Morgan fingerprint density at radius 3 is 1.10 bits per heavy atom. The van der Waals surface area contributed by atoms with E-state index in [0.29, 0.717) is 0 Å². The fourth-order valence-corrected chi connectivity index (χ4v) is 0.134. The number of nitrogens with zero attached hydrogens (tertiary/aromatic N) is 1. The first-order valence-electron chi connectivity index (χ1n) is 2.90. The van der Waals surface area contributed by atoms with Gasteiger partial charge in [0, 0.05) is 0 Å². The van der Waals surface area contributed by atoms with Crippen molar-refractivity contribution in [2.75, 3.05) is 20.2 Å². The smallest absolute Gasteiger partial charge is 0.0993 e. The number of aliphatic hydroxyl groups excluding tert-OH is 3. The molecule has 0 saturated heterocycles. The third-order valence-corrected chi connectivity index (χ3v) is 0.600. The van der Waals surface area contributed by atoms with E-state index in [2.05, 4.69) is 0 Å². The second kappa shape index (κ2) is 16.1. The Labute approximate surface area is 67.5 Å². The number of aliphatic hydroxyl groups is 3. The molecule has 0 atom stereocenters. The number of hydrogen-bond acceptors (Lipinski definition) is 4. The van der Waals surface area contributed by atoms with Crippen molar-refractivity contribution in [2.45, 2.75) is 13.8 Å². The van der Waals surface area contributed by atoms with Crippen LogP contribution in [0.2, 0.25) is 0 Å². The molecule has 0 amide bonds. The summed E-state index contributed by atoms with van der Waals surface area (Å²) in [6, 6.07) is 0. The van der Waals surface area contributed by atoms with Crippen LogP contribution in [-0.4, -0.2) is 40.4 Å². The van der Waals surface area contributed by atoms with Crippen LogP contribution in [-0.2, 0) is 0 Å². The van der Waals surface area contributed by atoms with Crippen LogP contribution in [0.25, 0.3) is 0 Å². The van der Waals surface area contributed by atoms with Gasteiger partial charge in [-0.25, -0.2) is 4.90 Å². The summed E-state index contributed by atoms with van der Waals surface area (Å²) in [5.41, 5.74) is 0. The topological polar surface area (TPSA) is 63.9 Å². The molecule has 0 aliphatic heterocycles. The Bertz CT molecular complexity index is 38.4. The van der Waals surface area contributed by atoms with Crippen LogP contribution in [0.4, 0.5) is 0 Å². The van der Waals surface area contributed by atoms with Crippen LogP contribution >= 0.6 is 12.4 Å². The van der Waals surface area contributed by atoms with Crippen molar-refractivity contribution in [1.29, 1.82) is 0 Å². The van der Waals surface area contributed by atoms with Crippen molar-refractivity contribution in [3.8, 4) is 0 Å². The SMILES string of the molecule is CC.Cl.OCN(CO)CO. The summed E-state index contributed by atoms with van der Waals surface area (Å²) >= 11 is 0. The minimum absolute atomic E-state index is 0. The molecule has 0 aromatic rings. The summed E-state index contributed by atoms with van der Waals surface area (Å²) in [6.45, 7) is 3.06. The predicted molar refractivity (Wildman–Crippen MR) is 41.7 cm³/mol. The second-order valence-electron chi connectivity index (χ2n) is 1.10. The Morgan fingerprint density at radius 1 is 0.900 bits per heavy atom. The molecule has 0 aromatic heterocycles. The summed E-state index contributed by atoms with van der Waals surface area (Å²) in [5.74, 6) is 0. The molecule has 0 rings (SSSR count). The lowest BCUT2D eigenvalue weighted by Gasteiger charge is -2.09. The first kappa shape index (κ1) is 16.6. The van der Waals surface area contributed by atoms with E-state index in [9.17, 15) is 0 Å². The van der Waals surface area contributed by atoms with Crippen LogP contribution in [0.5, 0.6) is 0 Å². The Balaban J connectivity index is -0.000000149. The zero-order valence-electron chi connectivity index (χ0n) is 6.32. The van der Waals surface area contributed by atoms with Crippen LogP contribution in [0.3, 0.4) is 0 Å². The molecule has 5 heteroatoms. The maximum atomic E-state index is 8.13. The molecule has 10 heavy (non-hydrogen) atoms. The van der Waals surface area contributed by atoms with Gasteiger partial charge in [0.15, 0.2) is 0 Å². The van der Waals surface area contributed by atoms with Crippen LogP contribution in [0.1, 0.15) is 13.8 Å². The fraction of sp³-hybridized carbons (Fsp3) is 1.00. The van der Waals surface area contributed by atoms with Crippen molar-refractivity contribution in [3.63, 3.8) is 0 Å². The minimum Gasteiger partial charge on any atom is -0.381 e. The van der Waals surface area contributed by atoms with E-state index in [4.69, 9.17) is 15.3 Å². The van der Waals surface area contributed by atoms with E-state index >= 15 is 0 Å². The van der Waals surface area contributed by atoms with Crippen molar-refractivity contribution in [2.24, 2.45) is 0 Å². The summed E-state index contributed by atoms with van der Waals surface area (Å²) in [5, 5.41) is 24.4. The minimum atomic E-state index is -0.312. The molecule has 66 valence electrons. The summed E-state index contributed by atoms with van der Waals surface area (Å²) in [7, 11) is 0. The third kappa shape index (κ3) is 11.0. The third-order valence-electron chi connectivity index (χ3n) is 0.600. The molecule has 0 bridgehead atoms. The van der Waals surface area contributed by atoms with Gasteiger partial charge in [0.05, 0.1) is 20.2 Å². The lowest BCUT2D eigenvalue weighted by molar-refractivity contribution is -0.0268. The monoisotopic (exact) mass is 173 g/mol. The Hall–Kier alpha value is 0.130. The van der Waals surface area contributed by atoms with Crippen molar-refractivity contribution in [1.82, 2.24) is 4.90 Å². The standard InChI is InChI=1S/C3H9NO3.C2H6.ClH/c5-1-4(2-6)3-7;1-2;/h5-7H,1-3H2;1-2H3;1H. The van der Waals surface area contributed by atoms with E-state index in [1.807, 2.05) is 13.8 Å². The van der Waals surface area contributed by atoms with Gasteiger partial charge in [0.25, 0.3) is 0 Å². The summed E-state index contributed by atoms with van der Waals surface area (Å²) in [6.07, 6.45) is 0. The van der Waals surface area contributed by atoms with Gasteiger partial charge in [-0.15, -0.1) is 12.4 Å². The van der Waals surface area contributed by atoms with Crippen LogP contribution in [0, 0.1) is 0 Å². The van der Waals surface area contributed by atoms with Crippen molar-refractivity contribution in [3.05, 3.63) is 0 Å². The molecule has 0 aliphatic rings. The number of rotatable bonds is 3.